The van der Waals surface area contributed by atoms with Crippen LogP contribution in [0, 0.1) is 6.92 Å². The lowest BCUT2D eigenvalue weighted by atomic mass is 10.2. The zero-order valence-electron chi connectivity index (χ0n) is 19.3. The van der Waals surface area contributed by atoms with Gasteiger partial charge < -0.3 is 19.5 Å². The largest absolute Gasteiger partial charge is 0.497 e. The van der Waals surface area contributed by atoms with Gasteiger partial charge in [0.25, 0.3) is 11.8 Å². The molecule has 0 unspecified atom stereocenters. The first kappa shape index (κ1) is 24.3. The molecule has 2 N–H and O–H groups in total. The van der Waals surface area contributed by atoms with E-state index in [0.29, 0.717) is 35.0 Å². The van der Waals surface area contributed by atoms with E-state index in [2.05, 4.69) is 15.8 Å². The Morgan fingerprint density at radius 1 is 0.971 bits per heavy atom. The Balaban J connectivity index is 1.61. The fourth-order valence-electron chi connectivity index (χ4n) is 3.03. The number of hydrogen-bond donors (Lipinski definition) is 2. The summed E-state index contributed by atoms with van der Waals surface area (Å²) in [5, 5.41) is 6.84. The van der Waals surface area contributed by atoms with E-state index in [1.165, 1.54) is 13.3 Å². The van der Waals surface area contributed by atoms with Gasteiger partial charge in [0.2, 0.25) is 0 Å². The highest BCUT2D eigenvalue weighted by Gasteiger charge is 2.10. The van der Waals surface area contributed by atoms with Crippen molar-refractivity contribution in [3.05, 3.63) is 83.4 Å². The highest BCUT2D eigenvalue weighted by atomic mass is 16.5. The summed E-state index contributed by atoms with van der Waals surface area (Å²) in [6.45, 7) is 4.02. The first-order valence-corrected chi connectivity index (χ1v) is 10.7. The third-order valence-electron chi connectivity index (χ3n) is 4.76. The van der Waals surface area contributed by atoms with Gasteiger partial charge in [0.05, 0.1) is 19.9 Å². The zero-order valence-corrected chi connectivity index (χ0v) is 19.3. The summed E-state index contributed by atoms with van der Waals surface area (Å²) in [4.78, 5) is 24.6. The number of rotatable bonds is 10. The molecule has 0 saturated heterocycles. The molecule has 0 saturated carbocycles. The maximum Gasteiger partial charge on any atom is 0.271 e. The number of para-hydroxylation sites is 1. The van der Waals surface area contributed by atoms with Crippen LogP contribution in [0.4, 0.5) is 5.69 Å². The van der Waals surface area contributed by atoms with Crippen molar-refractivity contribution in [3.63, 3.8) is 0 Å². The average molecular weight is 462 g/mol. The molecule has 2 amide bonds. The maximum absolute atomic E-state index is 12.3. The Bertz CT molecular complexity index is 1180. The van der Waals surface area contributed by atoms with Crippen LogP contribution in [-0.2, 0) is 4.79 Å². The molecule has 3 rings (SSSR count). The molecule has 0 aliphatic carbocycles. The van der Waals surface area contributed by atoms with E-state index in [1.54, 1.807) is 42.5 Å². The van der Waals surface area contributed by atoms with Gasteiger partial charge in [-0.2, -0.15) is 5.10 Å². The number of ether oxygens (including phenoxy) is 3. The summed E-state index contributed by atoms with van der Waals surface area (Å²) < 4.78 is 16.5. The summed E-state index contributed by atoms with van der Waals surface area (Å²) in [5.74, 6) is 0.845. The highest BCUT2D eigenvalue weighted by Crippen LogP contribution is 2.28. The second kappa shape index (κ2) is 12.1. The van der Waals surface area contributed by atoms with Gasteiger partial charge in [-0.3, -0.25) is 9.59 Å². The van der Waals surface area contributed by atoms with Crippen molar-refractivity contribution in [2.45, 2.75) is 13.8 Å². The molecule has 34 heavy (non-hydrogen) atoms. The molecule has 176 valence electrons. The summed E-state index contributed by atoms with van der Waals surface area (Å²) in [6.07, 6.45) is 1.50. The van der Waals surface area contributed by atoms with E-state index in [-0.39, 0.29) is 18.4 Å². The van der Waals surface area contributed by atoms with Crippen LogP contribution in [0.2, 0.25) is 0 Å². The SMILES string of the molecule is CCOc1cc(/C=N\NC(=O)c2cccc(OC)c2)ccc1OCC(=O)Nc1ccccc1C. The highest BCUT2D eigenvalue weighted by molar-refractivity contribution is 5.95. The van der Waals surface area contributed by atoms with E-state index in [9.17, 15) is 9.59 Å². The number of hydrazone groups is 1. The number of amides is 2. The number of nitrogens with zero attached hydrogens (tertiary/aromatic N) is 1. The number of nitrogens with one attached hydrogen (secondary N) is 2. The van der Waals surface area contributed by atoms with Crippen molar-refractivity contribution >= 4 is 23.7 Å². The monoisotopic (exact) mass is 461 g/mol. The third-order valence-corrected chi connectivity index (χ3v) is 4.76. The normalized spacial score (nSPS) is 10.6. The van der Waals surface area contributed by atoms with Crippen molar-refractivity contribution in [1.82, 2.24) is 5.43 Å². The Hall–Kier alpha value is -4.33. The fourth-order valence-corrected chi connectivity index (χ4v) is 3.03. The standard InChI is InChI=1S/C26H27N3O5/c1-4-33-24-14-19(16-27-29-26(31)20-9-7-10-21(15-20)32-3)12-13-23(24)34-17-25(30)28-22-11-6-5-8-18(22)2/h5-16H,4,17H2,1-3H3,(H,28,30)(H,29,31)/b27-16-. The summed E-state index contributed by atoms with van der Waals surface area (Å²) in [5.41, 5.74) is 5.30. The first-order chi connectivity index (χ1) is 16.5. The van der Waals surface area contributed by atoms with Crippen LogP contribution in [0.25, 0.3) is 0 Å². The third kappa shape index (κ3) is 6.83. The number of methoxy groups -OCH3 is 1. The Morgan fingerprint density at radius 2 is 1.79 bits per heavy atom. The van der Waals surface area contributed by atoms with E-state index < -0.39 is 0 Å². The smallest absolute Gasteiger partial charge is 0.271 e. The van der Waals surface area contributed by atoms with Gasteiger partial charge in [0, 0.05) is 11.3 Å². The van der Waals surface area contributed by atoms with E-state index >= 15 is 0 Å². The number of anilines is 1. The van der Waals surface area contributed by atoms with E-state index in [4.69, 9.17) is 14.2 Å². The molecule has 0 fully saturated rings. The van der Waals surface area contributed by atoms with Crippen LogP contribution < -0.4 is 25.0 Å². The number of hydrogen-bond acceptors (Lipinski definition) is 6. The lowest BCUT2D eigenvalue weighted by molar-refractivity contribution is -0.118. The van der Waals surface area contributed by atoms with Crippen LogP contribution in [-0.4, -0.2) is 38.4 Å². The van der Waals surface area contributed by atoms with Crippen molar-refractivity contribution in [3.8, 4) is 17.2 Å². The molecule has 0 aromatic heterocycles. The molecule has 0 bridgehead atoms. The molecular formula is C26H27N3O5. The molecule has 0 radical (unpaired) electrons. The predicted molar refractivity (Wildman–Crippen MR) is 131 cm³/mol. The van der Waals surface area contributed by atoms with Crippen LogP contribution >= 0.6 is 0 Å². The van der Waals surface area contributed by atoms with Gasteiger partial charge >= 0.3 is 0 Å². The number of carbonyl (C=O) groups excluding carboxylic acids is 2. The zero-order chi connectivity index (χ0) is 24.3. The van der Waals surface area contributed by atoms with Gasteiger partial charge in [0.1, 0.15) is 5.75 Å². The summed E-state index contributed by atoms with van der Waals surface area (Å²) in [7, 11) is 1.54. The Labute approximate surface area is 198 Å². The van der Waals surface area contributed by atoms with E-state index in [1.807, 2.05) is 38.1 Å². The first-order valence-electron chi connectivity index (χ1n) is 10.7. The van der Waals surface area contributed by atoms with Crippen molar-refractivity contribution in [2.24, 2.45) is 5.10 Å². The second-order valence-corrected chi connectivity index (χ2v) is 7.22. The fraction of sp³-hybridized carbons (Fsp3) is 0.192. The minimum Gasteiger partial charge on any atom is -0.497 e. The van der Waals surface area contributed by atoms with Gasteiger partial charge in [-0.15, -0.1) is 0 Å². The van der Waals surface area contributed by atoms with Crippen molar-refractivity contribution < 1.29 is 23.8 Å². The number of carbonyl (C=O) groups is 2. The summed E-state index contributed by atoms with van der Waals surface area (Å²) in [6, 6.07) is 19.5. The molecule has 8 nitrogen and oxygen atoms in total. The van der Waals surface area contributed by atoms with Gasteiger partial charge in [-0.1, -0.05) is 24.3 Å². The molecular weight excluding hydrogens is 434 g/mol. The van der Waals surface area contributed by atoms with Crippen LogP contribution in [0.1, 0.15) is 28.4 Å². The molecule has 0 heterocycles. The maximum atomic E-state index is 12.3. The molecule has 3 aromatic carbocycles. The van der Waals surface area contributed by atoms with E-state index in [0.717, 1.165) is 11.3 Å². The lowest BCUT2D eigenvalue weighted by Crippen LogP contribution is -2.20. The summed E-state index contributed by atoms with van der Waals surface area (Å²) >= 11 is 0. The molecule has 0 aliphatic rings. The minimum atomic E-state index is -0.361. The van der Waals surface area contributed by atoms with Crippen molar-refractivity contribution in [2.75, 3.05) is 25.6 Å². The minimum absolute atomic E-state index is 0.168. The number of aryl methyl sites for hydroxylation is 1. The van der Waals surface area contributed by atoms with Gasteiger partial charge in [-0.25, -0.2) is 5.43 Å². The quantitative estimate of drug-likeness (QED) is 0.349. The van der Waals surface area contributed by atoms with Crippen LogP contribution in [0.15, 0.2) is 71.8 Å². The average Bonchev–Trinajstić information content (AvgIpc) is 2.85. The Morgan fingerprint density at radius 3 is 2.56 bits per heavy atom. The van der Waals surface area contributed by atoms with Gasteiger partial charge in [-0.05, 0) is 67.4 Å². The molecule has 3 aromatic rings. The molecule has 0 aliphatic heterocycles. The van der Waals surface area contributed by atoms with Crippen molar-refractivity contribution in [1.29, 1.82) is 0 Å². The number of benzene rings is 3. The molecule has 0 spiro atoms. The topological polar surface area (TPSA) is 98.2 Å². The Kier molecular flexibility index (Phi) is 8.62. The molecule has 8 heteroatoms. The second-order valence-electron chi connectivity index (χ2n) is 7.22. The molecule has 0 atom stereocenters. The van der Waals surface area contributed by atoms with Gasteiger partial charge in [0.15, 0.2) is 18.1 Å². The predicted octanol–water partition coefficient (Wildman–Crippen LogP) is 4.18. The van der Waals surface area contributed by atoms with Crippen LogP contribution in [0.5, 0.6) is 17.2 Å². The lowest BCUT2D eigenvalue weighted by Gasteiger charge is -2.13. The van der Waals surface area contributed by atoms with Crippen LogP contribution in [0.3, 0.4) is 0 Å².